The van der Waals surface area contributed by atoms with Crippen molar-refractivity contribution in [1.29, 1.82) is 0 Å². The molecule has 1 aliphatic heterocycles. The molecule has 0 aromatic rings. The zero-order valence-corrected chi connectivity index (χ0v) is 12.7. The summed E-state index contributed by atoms with van der Waals surface area (Å²) in [6.45, 7) is 2.02. The lowest BCUT2D eigenvalue weighted by Gasteiger charge is -2.52. The van der Waals surface area contributed by atoms with E-state index >= 15 is 0 Å². The minimum absolute atomic E-state index is 0.222. The quantitative estimate of drug-likeness (QED) is 0.796. The molecule has 5 nitrogen and oxygen atoms in total. The molecule has 0 radical (unpaired) electrons. The third-order valence-electron chi connectivity index (χ3n) is 5.84. The van der Waals surface area contributed by atoms with Crippen molar-refractivity contribution in [2.45, 2.75) is 76.7 Å². The van der Waals surface area contributed by atoms with E-state index in [2.05, 4.69) is 5.32 Å². The molecule has 4 amide bonds. The third kappa shape index (κ3) is 2.00. The first-order valence-corrected chi connectivity index (χ1v) is 8.26. The Labute approximate surface area is 125 Å². The summed E-state index contributed by atoms with van der Waals surface area (Å²) in [7, 11) is 0. The maximum Gasteiger partial charge on any atom is 0.331 e. The molecule has 3 aliphatic rings. The summed E-state index contributed by atoms with van der Waals surface area (Å²) in [5.41, 5.74) is -1.33. The summed E-state index contributed by atoms with van der Waals surface area (Å²) in [5, 5.41) is 2.48. The van der Waals surface area contributed by atoms with Crippen molar-refractivity contribution in [3.05, 3.63) is 0 Å². The van der Waals surface area contributed by atoms with Crippen molar-refractivity contribution in [3.63, 3.8) is 0 Å². The molecule has 0 bridgehead atoms. The van der Waals surface area contributed by atoms with Gasteiger partial charge in [-0.2, -0.15) is 0 Å². The van der Waals surface area contributed by atoms with E-state index in [1.54, 1.807) is 0 Å². The lowest BCUT2D eigenvalue weighted by molar-refractivity contribution is -0.159. The van der Waals surface area contributed by atoms with Gasteiger partial charge in [-0.05, 0) is 38.5 Å². The van der Waals surface area contributed by atoms with E-state index in [0.717, 1.165) is 51.4 Å². The van der Waals surface area contributed by atoms with Gasteiger partial charge in [0.1, 0.15) is 5.41 Å². The Morgan fingerprint density at radius 1 is 0.952 bits per heavy atom. The molecule has 0 atom stereocenters. The minimum Gasteiger partial charge on any atom is -0.277 e. The van der Waals surface area contributed by atoms with Crippen molar-refractivity contribution < 1.29 is 14.4 Å². The Hall–Kier alpha value is -1.39. The number of hydrogen-bond donors (Lipinski definition) is 1. The predicted octanol–water partition coefficient (Wildman–Crippen LogP) is 2.74. The molecule has 1 heterocycles. The van der Waals surface area contributed by atoms with Crippen LogP contribution in [0.25, 0.3) is 0 Å². The third-order valence-corrected chi connectivity index (χ3v) is 5.84. The first-order chi connectivity index (χ1) is 10.1. The molecule has 21 heavy (non-hydrogen) atoms. The van der Waals surface area contributed by atoms with E-state index in [0.29, 0.717) is 12.8 Å². The zero-order chi connectivity index (χ0) is 15.1. The van der Waals surface area contributed by atoms with E-state index < -0.39 is 11.4 Å². The number of hydrogen-bond acceptors (Lipinski definition) is 3. The van der Waals surface area contributed by atoms with Gasteiger partial charge in [-0.15, -0.1) is 0 Å². The summed E-state index contributed by atoms with van der Waals surface area (Å²) in [4.78, 5) is 39.3. The lowest BCUT2D eigenvalue weighted by Crippen LogP contribution is -2.71. The first-order valence-electron chi connectivity index (χ1n) is 8.26. The normalized spacial score (nSPS) is 28.0. The van der Waals surface area contributed by atoms with Crippen molar-refractivity contribution in [2.75, 3.05) is 0 Å². The number of imide groups is 2. The molecule has 1 spiro atoms. The molecular weight excluding hydrogens is 268 g/mol. The van der Waals surface area contributed by atoms with Gasteiger partial charge < -0.3 is 0 Å². The SMILES string of the molecule is CCC1(N2C(=O)NC(=O)C3(CCCCCC3)C2=O)CCC1. The Balaban J connectivity index is 1.96. The van der Waals surface area contributed by atoms with Gasteiger partial charge in [0, 0.05) is 0 Å². The summed E-state index contributed by atoms with van der Waals surface area (Å²) in [5.74, 6) is -0.582. The fourth-order valence-electron chi connectivity index (χ4n) is 4.20. The number of barbiturate groups is 1. The van der Waals surface area contributed by atoms with Crippen LogP contribution in [0.4, 0.5) is 4.79 Å². The molecule has 1 N–H and O–H groups in total. The van der Waals surface area contributed by atoms with Crippen molar-refractivity contribution in [3.8, 4) is 0 Å². The highest BCUT2D eigenvalue weighted by Gasteiger charge is 2.59. The van der Waals surface area contributed by atoms with E-state index in [4.69, 9.17) is 0 Å². The van der Waals surface area contributed by atoms with E-state index in [1.165, 1.54) is 4.90 Å². The van der Waals surface area contributed by atoms with E-state index in [9.17, 15) is 14.4 Å². The molecule has 1 saturated heterocycles. The molecule has 2 aliphatic carbocycles. The molecular formula is C16H24N2O3. The maximum absolute atomic E-state index is 13.1. The molecule has 5 heteroatoms. The van der Waals surface area contributed by atoms with Crippen LogP contribution in [0.2, 0.25) is 0 Å². The molecule has 3 fully saturated rings. The highest BCUT2D eigenvalue weighted by atomic mass is 16.2. The number of rotatable bonds is 2. The number of amides is 4. The smallest absolute Gasteiger partial charge is 0.277 e. The van der Waals surface area contributed by atoms with Crippen molar-refractivity contribution in [1.82, 2.24) is 10.2 Å². The van der Waals surface area contributed by atoms with Crippen LogP contribution >= 0.6 is 0 Å². The van der Waals surface area contributed by atoms with Gasteiger partial charge in [0.05, 0.1) is 5.54 Å². The van der Waals surface area contributed by atoms with Gasteiger partial charge in [0.2, 0.25) is 11.8 Å². The summed E-state index contributed by atoms with van der Waals surface area (Å²) in [6, 6.07) is -0.499. The molecule has 0 aromatic carbocycles. The maximum atomic E-state index is 13.1. The number of carbonyl (C=O) groups excluding carboxylic acids is 3. The van der Waals surface area contributed by atoms with Crippen molar-refractivity contribution in [2.24, 2.45) is 5.41 Å². The first kappa shape index (κ1) is 14.5. The topological polar surface area (TPSA) is 66.5 Å². The lowest BCUT2D eigenvalue weighted by atomic mass is 9.69. The van der Waals surface area contributed by atoms with E-state index in [1.807, 2.05) is 6.92 Å². The summed E-state index contributed by atoms with van der Waals surface area (Å²) < 4.78 is 0. The van der Waals surface area contributed by atoms with Crippen LogP contribution in [0.15, 0.2) is 0 Å². The highest BCUT2D eigenvalue weighted by Crippen LogP contribution is 2.46. The van der Waals surface area contributed by atoms with Crippen LogP contribution in [0.3, 0.4) is 0 Å². The van der Waals surface area contributed by atoms with Gasteiger partial charge in [-0.25, -0.2) is 4.79 Å². The average Bonchev–Trinajstić information content (AvgIpc) is 2.66. The van der Waals surface area contributed by atoms with Crippen LogP contribution in [0, 0.1) is 5.41 Å². The Morgan fingerprint density at radius 3 is 2.05 bits per heavy atom. The van der Waals surface area contributed by atoms with Gasteiger partial charge in [-0.1, -0.05) is 32.6 Å². The number of nitrogens with zero attached hydrogens (tertiary/aromatic N) is 1. The number of nitrogens with one attached hydrogen (secondary N) is 1. The standard InChI is InChI=1S/C16H24N2O3/c1-2-15(8-7-9-15)18-13(20)16(12(19)17-14(18)21)10-5-3-4-6-11-16/h2-11H2,1H3,(H,17,19,21). The molecule has 0 aromatic heterocycles. The summed E-state index contributed by atoms with van der Waals surface area (Å²) >= 11 is 0. The second-order valence-corrected chi connectivity index (χ2v) is 6.83. The van der Waals surface area contributed by atoms with Gasteiger partial charge in [0.25, 0.3) is 0 Å². The monoisotopic (exact) mass is 292 g/mol. The van der Waals surface area contributed by atoms with Crippen molar-refractivity contribution >= 4 is 17.8 Å². The second-order valence-electron chi connectivity index (χ2n) is 6.83. The molecule has 3 rings (SSSR count). The fourth-order valence-corrected chi connectivity index (χ4v) is 4.20. The van der Waals surface area contributed by atoms with Crippen LogP contribution in [0.5, 0.6) is 0 Å². The number of urea groups is 1. The second kappa shape index (κ2) is 5.11. The molecule has 2 saturated carbocycles. The predicted molar refractivity (Wildman–Crippen MR) is 77.4 cm³/mol. The number of carbonyl (C=O) groups is 3. The fraction of sp³-hybridized carbons (Fsp3) is 0.812. The van der Waals surface area contributed by atoms with Crippen LogP contribution < -0.4 is 5.32 Å². The van der Waals surface area contributed by atoms with Crippen LogP contribution in [0.1, 0.15) is 71.1 Å². The Bertz CT molecular complexity index is 468. The van der Waals surface area contributed by atoms with Crippen LogP contribution in [-0.2, 0) is 9.59 Å². The zero-order valence-electron chi connectivity index (χ0n) is 12.7. The Kier molecular flexibility index (Phi) is 3.54. The van der Waals surface area contributed by atoms with Gasteiger partial charge in [-0.3, -0.25) is 19.8 Å². The molecule has 116 valence electrons. The minimum atomic E-state index is -0.984. The molecule has 0 unspecified atom stereocenters. The van der Waals surface area contributed by atoms with E-state index in [-0.39, 0.29) is 17.4 Å². The van der Waals surface area contributed by atoms with Gasteiger partial charge >= 0.3 is 6.03 Å². The van der Waals surface area contributed by atoms with Gasteiger partial charge in [0.15, 0.2) is 0 Å². The average molecular weight is 292 g/mol. The summed E-state index contributed by atoms with van der Waals surface area (Å²) in [6.07, 6.45) is 8.63. The van der Waals surface area contributed by atoms with Crippen LogP contribution in [-0.4, -0.2) is 28.3 Å². The largest absolute Gasteiger partial charge is 0.331 e. The highest BCUT2D eigenvalue weighted by molar-refractivity contribution is 6.19. The Morgan fingerprint density at radius 2 is 1.57 bits per heavy atom.